The Hall–Kier alpha value is -1.44. The molecule has 23 heavy (non-hydrogen) atoms. The standard InChI is InChI=1S/C16H25N3O3S/c1-12-6-7-15(9-13(12)2)23(21,22)19(3)11-16(20)18-14-5-4-8-17-10-14/h6-7,9,14,17H,4-5,8,10-11H2,1-3H3,(H,18,20)/t14-/m0/s1. The predicted molar refractivity (Wildman–Crippen MR) is 89.8 cm³/mol. The van der Waals surface area contributed by atoms with Gasteiger partial charge < -0.3 is 10.6 Å². The van der Waals surface area contributed by atoms with Crippen molar-refractivity contribution in [2.75, 3.05) is 26.7 Å². The molecule has 1 aliphatic rings. The molecule has 1 amide bonds. The lowest BCUT2D eigenvalue weighted by Gasteiger charge is -2.25. The minimum atomic E-state index is -3.66. The van der Waals surface area contributed by atoms with Crippen molar-refractivity contribution < 1.29 is 13.2 Å². The van der Waals surface area contributed by atoms with Crippen molar-refractivity contribution in [1.82, 2.24) is 14.9 Å². The number of nitrogens with zero attached hydrogens (tertiary/aromatic N) is 1. The molecule has 1 heterocycles. The summed E-state index contributed by atoms with van der Waals surface area (Å²) >= 11 is 0. The number of hydrogen-bond acceptors (Lipinski definition) is 4. The molecule has 1 atom stereocenters. The van der Waals surface area contributed by atoms with Crippen LogP contribution >= 0.6 is 0 Å². The molecule has 2 N–H and O–H groups in total. The van der Waals surface area contributed by atoms with Crippen molar-refractivity contribution in [3.05, 3.63) is 29.3 Å². The summed E-state index contributed by atoms with van der Waals surface area (Å²) < 4.78 is 26.2. The van der Waals surface area contributed by atoms with Crippen LogP contribution in [0.25, 0.3) is 0 Å². The summed E-state index contributed by atoms with van der Waals surface area (Å²) in [6, 6.07) is 5.08. The van der Waals surface area contributed by atoms with Crippen LogP contribution in [-0.2, 0) is 14.8 Å². The van der Waals surface area contributed by atoms with Crippen LogP contribution in [0.3, 0.4) is 0 Å². The second-order valence-electron chi connectivity index (χ2n) is 6.12. The Kier molecular flexibility index (Phi) is 5.78. The summed E-state index contributed by atoms with van der Waals surface area (Å²) in [5.41, 5.74) is 1.95. The molecule has 0 spiro atoms. The molecule has 0 aliphatic carbocycles. The van der Waals surface area contributed by atoms with E-state index in [9.17, 15) is 13.2 Å². The third-order valence-corrected chi connectivity index (χ3v) is 6.01. The molecule has 1 aromatic rings. The third-order valence-electron chi connectivity index (χ3n) is 4.21. The van der Waals surface area contributed by atoms with Gasteiger partial charge in [-0.05, 0) is 56.5 Å². The van der Waals surface area contributed by atoms with E-state index in [4.69, 9.17) is 0 Å². The van der Waals surface area contributed by atoms with Gasteiger partial charge in [0, 0.05) is 19.6 Å². The number of carbonyl (C=O) groups excluding carboxylic acids is 1. The lowest BCUT2D eigenvalue weighted by atomic mass is 10.1. The molecule has 0 unspecified atom stereocenters. The second-order valence-corrected chi connectivity index (χ2v) is 8.16. The average molecular weight is 339 g/mol. The first-order valence-corrected chi connectivity index (χ1v) is 9.28. The van der Waals surface area contributed by atoms with E-state index < -0.39 is 10.0 Å². The van der Waals surface area contributed by atoms with Gasteiger partial charge in [0.1, 0.15) is 0 Å². The smallest absolute Gasteiger partial charge is 0.243 e. The van der Waals surface area contributed by atoms with Crippen LogP contribution in [0.4, 0.5) is 0 Å². The van der Waals surface area contributed by atoms with Gasteiger partial charge in [-0.3, -0.25) is 4.79 Å². The van der Waals surface area contributed by atoms with Crippen molar-refractivity contribution in [1.29, 1.82) is 0 Å². The van der Waals surface area contributed by atoms with E-state index in [-0.39, 0.29) is 23.4 Å². The Bertz CT molecular complexity index is 667. The monoisotopic (exact) mass is 339 g/mol. The number of rotatable bonds is 5. The summed E-state index contributed by atoms with van der Waals surface area (Å²) in [6.45, 7) is 5.33. The quantitative estimate of drug-likeness (QED) is 0.831. The van der Waals surface area contributed by atoms with Crippen LogP contribution in [0.2, 0.25) is 0 Å². The zero-order chi connectivity index (χ0) is 17.0. The van der Waals surface area contributed by atoms with E-state index in [0.29, 0.717) is 0 Å². The number of sulfonamides is 1. The Labute approximate surface area is 138 Å². The number of amides is 1. The molecular formula is C16H25N3O3S. The van der Waals surface area contributed by atoms with Crippen LogP contribution in [-0.4, -0.2) is 51.4 Å². The van der Waals surface area contributed by atoms with E-state index in [2.05, 4.69) is 10.6 Å². The summed E-state index contributed by atoms with van der Waals surface area (Å²) in [4.78, 5) is 12.3. The molecule has 0 bridgehead atoms. The van der Waals surface area contributed by atoms with Gasteiger partial charge in [-0.1, -0.05) is 6.07 Å². The summed E-state index contributed by atoms with van der Waals surface area (Å²) in [5.74, 6) is -0.270. The van der Waals surface area contributed by atoms with Crippen molar-refractivity contribution in [2.24, 2.45) is 0 Å². The van der Waals surface area contributed by atoms with Gasteiger partial charge in [0.2, 0.25) is 15.9 Å². The van der Waals surface area contributed by atoms with Crippen molar-refractivity contribution in [3.8, 4) is 0 Å². The number of piperidine rings is 1. The molecule has 1 saturated heterocycles. The highest BCUT2D eigenvalue weighted by Crippen LogP contribution is 2.18. The van der Waals surface area contributed by atoms with E-state index in [1.807, 2.05) is 13.8 Å². The van der Waals surface area contributed by atoms with Crippen LogP contribution in [0.5, 0.6) is 0 Å². The third kappa shape index (κ3) is 4.53. The van der Waals surface area contributed by atoms with Gasteiger partial charge in [0.15, 0.2) is 0 Å². The van der Waals surface area contributed by atoms with Gasteiger partial charge in [-0.25, -0.2) is 8.42 Å². The number of aryl methyl sites for hydroxylation is 2. The number of benzene rings is 1. The van der Waals surface area contributed by atoms with Gasteiger partial charge in [-0.15, -0.1) is 0 Å². The average Bonchev–Trinajstić information content (AvgIpc) is 2.50. The Morgan fingerprint density at radius 1 is 1.35 bits per heavy atom. The SMILES string of the molecule is Cc1ccc(S(=O)(=O)N(C)CC(=O)N[C@H]2CCCNC2)cc1C. The first-order chi connectivity index (χ1) is 10.8. The van der Waals surface area contributed by atoms with E-state index in [1.165, 1.54) is 7.05 Å². The van der Waals surface area contributed by atoms with Gasteiger partial charge in [0.25, 0.3) is 0 Å². The second kappa shape index (κ2) is 7.42. The molecule has 1 fully saturated rings. The topological polar surface area (TPSA) is 78.5 Å². The number of hydrogen-bond donors (Lipinski definition) is 2. The summed E-state index contributed by atoms with van der Waals surface area (Å²) in [6.07, 6.45) is 1.94. The van der Waals surface area contributed by atoms with E-state index in [1.54, 1.807) is 18.2 Å². The highest BCUT2D eigenvalue weighted by atomic mass is 32.2. The fourth-order valence-electron chi connectivity index (χ4n) is 2.59. The fourth-order valence-corrected chi connectivity index (χ4v) is 3.80. The molecule has 0 saturated carbocycles. The van der Waals surface area contributed by atoms with E-state index >= 15 is 0 Å². The van der Waals surface area contributed by atoms with Crippen molar-refractivity contribution in [3.63, 3.8) is 0 Å². The molecule has 0 aromatic heterocycles. The highest BCUT2D eigenvalue weighted by molar-refractivity contribution is 7.89. The molecule has 128 valence electrons. The molecule has 6 nitrogen and oxygen atoms in total. The number of nitrogens with one attached hydrogen (secondary N) is 2. The minimum Gasteiger partial charge on any atom is -0.351 e. The molecule has 7 heteroatoms. The van der Waals surface area contributed by atoms with Crippen LogP contribution in [0.15, 0.2) is 23.1 Å². The number of carbonyl (C=O) groups is 1. The maximum Gasteiger partial charge on any atom is 0.243 e. The first kappa shape index (κ1) is 17.9. The maximum absolute atomic E-state index is 12.6. The molecule has 1 aliphatic heterocycles. The zero-order valence-corrected chi connectivity index (χ0v) is 14.7. The van der Waals surface area contributed by atoms with Crippen LogP contribution < -0.4 is 10.6 Å². The summed E-state index contributed by atoms with van der Waals surface area (Å²) in [7, 11) is -2.22. The van der Waals surface area contributed by atoms with Crippen LogP contribution in [0.1, 0.15) is 24.0 Å². The summed E-state index contributed by atoms with van der Waals surface area (Å²) in [5, 5.41) is 6.10. The molecule has 0 radical (unpaired) electrons. The van der Waals surface area contributed by atoms with E-state index in [0.717, 1.165) is 41.4 Å². The van der Waals surface area contributed by atoms with Gasteiger partial charge in [-0.2, -0.15) is 4.31 Å². The maximum atomic E-state index is 12.6. The fraction of sp³-hybridized carbons (Fsp3) is 0.562. The minimum absolute atomic E-state index is 0.0778. The van der Waals surface area contributed by atoms with Gasteiger partial charge >= 0.3 is 0 Å². The Balaban J connectivity index is 2.01. The predicted octanol–water partition coefficient (Wildman–Crippen LogP) is 0.792. The lowest BCUT2D eigenvalue weighted by Crippen LogP contribution is -2.48. The number of likely N-dealkylation sites (N-methyl/N-ethyl adjacent to an activating group) is 1. The zero-order valence-electron chi connectivity index (χ0n) is 13.9. The van der Waals surface area contributed by atoms with Crippen molar-refractivity contribution >= 4 is 15.9 Å². The van der Waals surface area contributed by atoms with Crippen molar-refractivity contribution in [2.45, 2.75) is 37.6 Å². The van der Waals surface area contributed by atoms with Gasteiger partial charge in [0.05, 0.1) is 11.4 Å². The largest absolute Gasteiger partial charge is 0.351 e. The normalized spacial score (nSPS) is 18.9. The molecular weight excluding hydrogens is 314 g/mol. The molecule has 2 rings (SSSR count). The lowest BCUT2D eigenvalue weighted by molar-refractivity contribution is -0.121. The Morgan fingerprint density at radius 3 is 2.70 bits per heavy atom. The molecule has 1 aromatic carbocycles. The highest BCUT2D eigenvalue weighted by Gasteiger charge is 2.24. The first-order valence-electron chi connectivity index (χ1n) is 7.84. The van der Waals surface area contributed by atoms with Crippen LogP contribution in [0, 0.1) is 13.8 Å². The Morgan fingerprint density at radius 2 is 2.09 bits per heavy atom.